The van der Waals surface area contributed by atoms with E-state index in [9.17, 15) is 10.1 Å². The molecule has 7 nitrogen and oxygen atoms in total. The Kier molecular flexibility index (Phi) is 4.74. The SMILES string of the molecule is CCC(Cl)c1cn(Cc2ccc(OC)c([N+](=O)[O-])c2)nn1. The van der Waals surface area contributed by atoms with Crippen LogP contribution in [0, 0.1) is 10.1 Å². The van der Waals surface area contributed by atoms with Crippen molar-refractivity contribution >= 4 is 17.3 Å². The Morgan fingerprint density at radius 2 is 2.29 bits per heavy atom. The highest BCUT2D eigenvalue weighted by Crippen LogP contribution is 2.28. The lowest BCUT2D eigenvalue weighted by molar-refractivity contribution is -0.385. The fraction of sp³-hybridized carbons (Fsp3) is 0.385. The van der Waals surface area contributed by atoms with E-state index >= 15 is 0 Å². The summed E-state index contributed by atoms with van der Waals surface area (Å²) in [6, 6.07) is 4.80. The van der Waals surface area contributed by atoms with Crippen LogP contribution in [-0.2, 0) is 6.54 Å². The molecule has 0 radical (unpaired) electrons. The topological polar surface area (TPSA) is 83.1 Å². The van der Waals surface area contributed by atoms with Gasteiger partial charge in [0.1, 0.15) is 5.69 Å². The van der Waals surface area contributed by atoms with Gasteiger partial charge in [-0.1, -0.05) is 18.2 Å². The Labute approximate surface area is 126 Å². The molecule has 0 aliphatic heterocycles. The Balaban J connectivity index is 2.21. The van der Waals surface area contributed by atoms with E-state index in [1.807, 2.05) is 6.92 Å². The van der Waals surface area contributed by atoms with E-state index in [1.54, 1.807) is 23.0 Å². The molecular weight excluding hydrogens is 296 g/mol. The fourth-order valence-electron chi connectivity index (χ4n) is 1.91. The molecule has 1 aromatic heterocycles. The molecule has 1 heterocycles. The number of hydrogen-bond acceptors (Lipinski definition) is 5. The van der Waals surface area contributed by atoms with Crippen LogP contribution in [-0.4, -0.2) is 27.0 Å². The second-order valence-corrected chi connectivity index (χ2v) is 5.01. The maximum absolute atomic E-state index is 11.0. The van der Waals surface area contributed by atoms with Crippen molar-refractivity contribution in [2.45, 2.75) is 25.3 Å². The molecule has 21 heavy (non-hydrogen) atoms. The molecule has 1 unspecified atom stereocenters. The highest BCUT2D eigenvalue weighted by molar-refractivity contribution is 6.20. The molecule has 0 bridgehead atoms. The number of hydrogen-bond donors (Lipinski definition) is 0. The standard InChI is InChI=1S/C13H15ClN4O3/c1-3-10(14)11-8-17(16-15-11)7-9-4-5-13(21-2)12(6-9)18(19)20/h4-6,8,10H,3,7H2,1-2H3. The number of ether oxygens (including phenoxy) is 1. The number of nitrogens with zero attached hydrogens (tertiary/aromatic N) is 4. The predicted molar refractivity (Wildman–Crippen MR) is 77.7 cm³/mol. The van der Waals surface area contributed by atoms with E-state index in [0.717, 1.165) is 12.0 Å². The number of nitro benzene ring substituents is 1. The average molecular weight is 311 g/mol. The van der Waals surface area contributed by atoms with Gasteiger partial charge in [0, 0.05) is 6.07 Å². The van der Waals surface area contributed by atoms with Gasteiger partial charge < -0.3 is 4.74 Å². The van der Waals surface area contributed by atoms with Crippen LogP contribution in [0.3, 0.4) is 0 Å². The van der Waals surface area contributed by atoms with Crippen LogP contribution < -0.4 is 4.74 Å². The first-order valence-electron chi connectivity index (χ1n) is 6.40. The summed E-state index contributed by atoms with van der Waals surface area (Å²) in [5, 5.41) is 18.8. The van der Waals surface area contributed by atoms with E-state index < -0.39 is 4.92 Å². The molecule has 0 aliphatic carbocycles. The molecule has 0 N–H and O–H groups in total. The Morgan fingerprint density at radius 3 is 2.90 bits per heavy atom. The smallest absolute Gasteiger partial charge is 0.311 e. The van der Waals surface area contributed by atoms with Gasteiger partial charge >= 0.3 is 5.69 Å². The van der Waals surface area contributed by atoms with Gasteiger partial charge in [-0.3, -0.25) is 10.1 Å². The first kappa shape index (κ1) is 15.2. The lowest BCUT2D eigenvalue weighted by Crippen LogP contribution is -2.02. The van der Waals surface area contributed by atoms with Gasteiger partial charge in [0.05, 0.1) is 30.2 Å². The highest BCUT2D eigenvalue weighted by atomic mass is 35.5. The van der Waals surface area contributed by atoms with Gasteiger partial charge in [0.25, 0.3) is 0 Å². The lowest BCUT2D eigenvalue weighted by atomic mass is 10.2. The van der Waals surface area contributed by atoms with Crippen LogP contribution in [0.1, 0.15) is 30.0 Å². The molecule has 0 aliphatic rings. The molecule has 0 saturated carbocycles. The zero-order chi connectivity index (χ0) is 15.4. The summed E-state index contributed by atoms with van der Waals surface area (Å²) >= 11 is 6.09. The van der Waals surface area contributed by atoms with Crippen molar-refractivity contribution in [2.75, 3.05) is 7.11 Å². The minimum absolute atomic E-state index is 0.0703. The van der Waals surface area contributed by atoms with Crippen molar-refractivity contribution in [1.82, 2.24) is 15.0 Å². The Bertz CT molecular complexity index is 644. The monoisotopic (exact) mass is 310 g/mol. The third-order valence-corrected chi connectivity index (χ3v) is 3.55. The quantitative estimate of drug-likeness (QED) is 0.465. The zero-order valence-corrected chi connectivity index (χ0v) is 12.4. The van der Waals surface area contributed by atoms with Crippen molar-refractivity contribution in [3.05, 3.63) is 45.8 Å². The van der Waals surface area contributed by atoms with Crippen LogP contribution in [0.2, 0.25) is 0 Å². The van der Waals surface area contributed by atoms with Gasteiger partial charge in [0.2, 0.25) is 0 Å². The van der Waals surface area contributed by atoms with E-state index in [-0.39, 0.29) is 16.8 Å². The maximum Gasteiger partial charge on any atom is 0.311 e. The summed E-state index contributed by atoms with van der Waals surface area (Å²) in [4.78, 5) is 10.5. The minimum Gasteiger partial charge on any atom is -0.490 e. The predicted octanol–water partition coefficient (Wildman–Crippen LogP) is 2.93. The second-order valence-electron chi connectivity index (χ2n) is 4.48. The fourth-order valence-corrected chi connectivity index (χ4v) is 2.01. The summed E-state index contributed by atoms with van der Waals surface area (Å²) in [5.74, 6) is 0.231. The Morgan fingerprint density at radius 1 is 1.52 bits per heavy atom. The molecule has 0 fully saturated rings. The highest BCUT2D eigenvalue weighted by Gasteiger charge is 2.16. The summed E-state index contributed by atoms with van der Waals surface area (Å²) in [6.07, 6.45) is 2.51. The summed E-state index contributed by atoms with van der Waals surface area (Å²) < 4.78 is 6.57. The number of methoxy groups -OCH3 is 1. The van der Waals surface area contributed by atoms with E-state index in [0.29, 0.717) is 12.2 Å². The third kappa shape index (κ3) is 3.49. The Hall–Kier alpha value is -2.15. The van der Waals surface area contributed by atoms with Gasteiger partial charge in [-0.05, 0) is 18.1 Å². The summed E-state index contributed by atoms with van der Waals surface area (Å²) in [5.41, 5.74) is 1.36. The van der Waals surface area contributed by atoms with E-state index in [4.69, 9.17) is 16.3 Å². The van der Waals surface area contributed by atoms with Crippen LogP contribution >= 0.6 is 11.6 Å². The van der Waals surface area contributed by atoms with Crippen LogP contribution in [0.5, 0.6) is 5.75 Å². The van der Waals surface area contributed by atoms with Crippen LogP contribution in [0.4, 0.5) is 5.69 Å². The number of nitro groups is 1. The zero-order valence-electron chi connectivity index (χ0n) is 11.7. The first-order valence-corrected chi connectivity index (χ1v) is 6.84. The minimum atomic E-state index is -0.471. The number of aromatic nitrogens is 3. The molecule has 2 rings (SSSR count). The van der Waals surface area contributed by atoms with Crippen molar-refractivity contribution in [2.24, 2.45) is 0 Å². The van der Waals surface area contributed by atoms with Gasteiger partial charge in [-0.15, -0.1) is 16.7 Å². The molecule has 0 amide bonds. The lowest BCUT2D eigenvalue weighted by Gasteiger charge is -2.05. The number of halogens is 1. The molecule has 2 aromatic rings. The third-order valence-electron chi connectivity index (χ3n) is 3.02. The molecule has 1 atom stereocenters. The first-order chi connectivity index (χ1) is 10.0. The maximum atomic E-state index is 11.0. The van der Waals surface area contributed by atoms with Crippen molar-refractivity contribution in [1.29, 1.82) is 0 Å². The van der Waals surface area contributed by atoms with Crippen molar-refractivity contribution < 1.29 is 9.66 Å². The number of rotatable bonds is 6. The molecule has 8 heteroatoms. The van der Waals surface area contributed by atoms with E-state index in [2.05, 4.69) is 10.3 Å². The molecular formula is C13H15ClN4O3. The van der Waals surface area contributed by atoms with Crippen molar-refractivity contribution in [3.63, 3.8) is 0 Å². The van der Waals surface area contributed by atoms with Crippen LogP contribution in [0.15, 0.2) is 24.4 Å². The molecule has 0 saturated heterocycles. The molecule has 0 spiro atoms. The summed E-state index contributed by atoms with van der Waals surface area (Å²) in [7, 11) is 1.40. The normalized spacial score (nSPS) is 12.1. The van der Waals surface area contributed by atoms with Gasteiger partial charge in [-0.2, -0.15) is 0 Å². The molecule has 1 aromatic carbocycles. The largest absolute Gasteiger partial charge is 0.490 e. The van der Waals surface area contributed by atoms with Gasteiger partial charge in [0.15, 0.2) is 5.75 Å². The second kappa shape index (κ2) is 6.53. The molecule has 112 valence electrons. The number of benzene rings is 1. The van der Waals surface area contributed by atoms with Crippen LogP contribution in [0.25, 0.3) is 0 Å². The summed E-state index contributed by atoms with van der Waals surface area (Å²) in [6.45, 7) is 2.34. The average Bonchev–Trinajstić information content (AvgIpc) is 2.94. The van der Waals surface area contributed by atoms with E-state index in [1.165, 1.54) is 13.2 Å². The van der Waals surface area contributed by atoms with Gasteiger partial charge in [-0.25, -0.2) is 4.68 Å². The number of alkyl halides is 1. The van der Waals surface area contributed by atoms with Crippen molar-refractivity contribution in [3.8, 4) is 5.75 Å².